The molecule has 0 aliphatic carbocycles. The molecule has 0 saturated carbocycles. The van der Waals surface area contributed by atoms with Gasteiger partial charge in [0.2, 0.25) is 11.0 Å². The second kappa shape index (κ2) is 7.68. The fraction of sp³-hybridized carbons (Fsp3) is 0.0500. The number of hydrogen-bond donors (Lipinski definition) is 1. The minimum absolute atomic E-state index is 0.0845. The fourth-order valence-electron chi connectivity index (χ4n) is 2.59. The third-order valence-electron chi connectivity index (χ3n) is 3.80. The lowest BCUT2D eigenvalue weighted by molar-refractivity contribution is -0.113. The molecule has 0 saturated heterocycles. The van der Waals surface area contributed by atoms with Gasteiger partial charge in [0, 0.05) is 10.5 Å². The molecule has 1 aromatic heterocycles. The van der Waals surface area contributed by atoms with Crippen molar-refractivity contribution in [2.45, 2.75) is 4.90 Å². The number of carbonyl (C=O) groups is 1. The summed E-state index contributed by atoms with van der Waals surface area (Å²) in [6, 6.07) is 24.1. The Labute approximate surface area is 159 Å². The molecule has 128 valence electrons. The molecule has 6 heteroatoms. The van der Waals surface area contributed by atoms with E-state index in [2.05, 4.69) is 33.7 Å². The van der Waals surface area contributed by atoms with Gasteiger partial charge >= 0.3 is 0 Å². The molecule has 4 nitrogen and oxygen atoms in total. The second-order valence-corrected chi connectivity index (χ2v) is 7.59. The number of benzene rings is 3. The van der Waals surface area contributed by atoms with Crippen molar-refractivity contribution in [2.24, 2.45) is 0 Å². The highest BCUT2D eigenvalue weighted by Gasteiger charge is 2.10. The predicted octanol–water partition coefficient (Wildman–Crippen LogP) is 5.09. The lowest BCUT2D eigenvalue weighted by Gasteiger charge is -2.06. The molecule has 0 unspecified atom stereocenters. The molecule has 4 rings (SSSR count). The maximum Gasteiger partial charge on any atom is 0.236 e. The van der Waals surface area contributed by atoms with Crippen LogP contribution in [0.15, 0.2) is 77.7 Å². The summed E-state index contributed by atoms with van der Waals surface area (Å²) in [6.45, 7) is 0. The van der Waals surface area contributed by atoms with Crippen molar-refractivity contribution < 1.29 is 4.79 Å². The van der Waals surface area contributed by atoms with Crippen molar-refractivity contribution in [3.63, 3.8) is 0 Å². The summed E-state index contributed by atoms with van der Waals surface area (Å²) in [5.41, 5.74) is 0.996. The Balaban J connectivity index is 1.41. The fourth-order valence-corrected chi connectivity index (χ4v) is 4.23. The third-order valence-corrected chi connectivity index (χ3v) is 5.76. The zero-order valence-corrected chi connectivity index (χ0v) is 15.4. The summed E-state index contributed by atoms with van der Waals surface area (Å²) in [5.74, 6) is 0.243. The summed E-state index contributed by atoms with van der Waals surface area (Å²) in [7, 11) is 0. The topological polar surface area (TPSA) is 54.9 Å². The molecule has 0 spiro atoms. The van der Waals surface area contributed by atoms with Crippen molar-refractivity contribution in [1.29, 1.82) is 0 Å². The highest BCUT2D eigenvalue weighted by atomic mass is 32.2. The molecular formula is C20H15N3OS2. The Kier molecular flexibility index (Phi) is 4.95. The Morgan fingerprint density at radius 3 is 2.58 bits per heavy atom. The Hall–Kier alpha value is -2.70. The van der Waals surface area contributed by atoms with Crippen molar-refractivity contribution in [2.75, 3.05) is 11.1 Å². The average molecular weight is 377 g/mol. The number of aromatic nitrogens is 2. The zero-order valence-electron chi connectivity index (χ0n) is 13.8. The van der Waals surface area contributed by atoms with Gasteiger partial charge in [-0.15, -0.1) is 22.0 Å². The van der Waals surface area contributed by atoms with Gasteiger partial charge in [-0.05, 0) is 16.8 Å². The van der Waals surface area contributed by atoms with E-state index in [9.17, 15) is 4.79 Å². The normalized spacial score (nSPS) is 10.8. The van der Waals surface area contributed by atoms with Gasteiger partial charge in [-0.1, -0.05) is 78.1 Å². The molecule has 4 aromatic rings. The third kappa shape index (κ3) is 3.76. The highest BCUT2D eigenvalue weighted by Crippen LogP contribution is 2.29. The number of fused-ring (bicyclic) bond motifs is 1. The second-order valence-electron chi connectivity index (χ2n) is 5.59. The van der Waals surface area contributed by atoms with Crippen LogP contribution in [0, 0.1) is 0 Å². The number of thioether (sulfide) groups is 1. The van der Waals surface area contributed by atoms with Gasteiger partial charge in [0.05, 0.1) is 5.75 Å². The number of rotatable bonds is 5. The van der Waals surface area contributed by atoms with E-state index < -0.39 is 0 Å². The van der Waals surface area contributed by atoms with E-state index in [0.29, 0.717) is 10.9 Å². The van der Waals surface area contributed by atoms with Crippen LogP contribution in [0.25, 0.3) is 21.3 Å². The molecule has 1 N–H and O–H groups in total. The smallest absolute Gasteiger partial charge is 0.236 e. The number of hydrogen-bond acceptors (Lipinski definition) is 5. The van der Waals surface area contributed by atoms with Gasteiger partial charge < -0.3 is 0 Å². The standard InChI is InChI=1S/C20H15N3OS2/c24-18(13-25-17-12-6-10-14-7-4-5-11-16(14)17)21-20-23-22-19(26-20)15-8-2-1-3-9-15/h1-12H,13H2,(H,21,23,24). The number of anilines is 1. The SMILES string of the molecule is O=C(CSc1cccc2ccccc12)Nc1nnc(-c2ccccc2)s1. The first-order chi connectivity index (χ1) is 12.8. The van der Waals surface area contributed by atoms with Gasteiger partial charge in [-0.25, -0.2) is 0 Å². The number of nitrogens with zero attached hydrogens (tertiary/aromatic N) is 2. The van der Waals surface area contributed by atoms with Crippen LogP contribution in [-0.4, -0.2) is 21.9 Å². The van der Waals surface area contributed by atoms with Gasteiger partial charge in [0.25, 0.3) is 0 Å². The quantitative estimate of drug-likeness (QED) is 0.492. The molecular weight excluding hydrogens is 362 g/mol. The van der Waals surface area contributed by atoms with E-state index in [0.717, 1.165) is 20.9 Å². The zero-order chi connectivity index (χ0) is 17.8. The van der Waals surface area contributed by atoms with Gasteiger partial charge in [0.15, 0.2) is 0 Å². The van der Waals surface area contributed by atoms with Crippen LogP contribution in [0.4, 0.5) is 5.13 Å². The Morgan fingerprint density at radius 2 is 1.69 bits per heavy atom. The first-order valence-electron chi connectivity index (χ1n) is 8.09. The summed E-state index contributed by atoms with van der Waals surface area (Å²) < 4.78 is 0. The molecule has 26 heavy (non-hydrogen) atoms. The monoisotopic (exact) mass is 377 g/mol. The summed E-state index contributed by atoms with van der Waals surface area (Å²) in [6.07, 6.45) is 0. The number of amides is 1. The minimum Gasteiger partial charge on any atom is -0.300 e. The minimum atomic E-state index is -0.0845. The summed E-state index contributed by atoms with van der Waals surface area (Å²) in [4.78, 5) is 13.4. The van der Waals surface area contributed by atoms with E-state index in [1.807, 2.05) is 54.6 Å². The van der Waals surface area contributed by atoms with Gasteiger partial charge in [-0.3, -0.25) is 10.1 Å². The maximum absolute atomic E-state index is 12.3. The van der Waals surface area contributed by atoms with Gasteiger partial charge in [0.1, 0.15) is 5.01 Å². The molecule has 0 aliphatic heterocycles. The summed E-state index contributed by atoms with van der Waals surface area (Å²) in [5, 5.41) is 14.7. The van der Waals surface area contributed by atoms with Crippen molar-refractivity contribution in [3.05, 3.63) is 72.8 Å². The molecule has 3 aromatic carbocycles. The van der Waals surface area contributed by atoms with Crippen LogP contribution >= 0.6 is 23.1 Å². The average Bonchev–Trinajstić information content (AvgIpc) is 3.15. The molecule has 0 atom stereocenters. The largest absolute Gasteiger partial charge is 0.300 e. The van der Waals surface area contributed by atoms with E-state index in [1.165, 1.54) is 28.5 Å². The van der Waals surface area contributed by atoms with Crippen molar-refractivity contribution in [3.8, 4) is 10.6 Å². The van der Waals surface area contributed by atoms with Gasteiger partial charge in [-0.2, -0.15) is 0 Å². The Morgan fingerprint density at radius 1 is 0.923 bits per heavy atom. The van der Waals surface area contributed by atoms with E-state index >= 15 is 0 Å². The van der Waals surface area contributed by atoms with Crippen LogP contribution in [0.1, 0.15) is 0 Å². The maximum atomic E-state index is 12.3. The van der Waals surface area contributed by atoms with E-state index in [4.69, 9.17) is 0 Å². The van der Waals surface area contributed by atoms with Crippen LogP contribution in [0.5, 0.6) is 0 Å². The molecule has 0 bridgehead atoms. The molecule has 0 fully saturated rings. The summed E-state index contributed by atoms with van der Waals surface area (Å²) >= 11 is 2.90. The lowest BCUT2D eigenvalue weighted by atomic mass is 10.1. The molecule has 1 heterocycles. The number of carbonyl (C=O) groups excluding carboxylic acids is 1. The van der Waals surface area contributed by atoms with Crippen LogP contribution in [0.3, 0.4) is 0 Å². The first-order valence-corrected chi connectivity index (χ1v) is 9.89. The van der Waals surface area contributed by atoms with Crippen molar-refractivity contribution in [1.82, 2.24) is 10.2 Å². The Bertz CT molecular complexity index is 1040. The van der Waals surface area contributed by atoms with Crippen LogP contribution in [-0.2, 0) is 4.79 Å². The first kappa shape index (κ1) is 16.8. The molecule has 1 amide bonds. The van der Waals surface area contributed by atoms with Crippen LogP contribution in [0.2, 0.25) is 0 Å². The highest BCUT2D eigenvalue weighted by molar-refractivity contribution is 8.00. The van der Waals surface area contributed by atoms with Crippen LogP contribution < -0.4 is 5.32 Å². The molecule has 0 radical (unpaired) electrons. The number of nitrogens with one attached hydrogen (secondary N) is 1. The van der Waals surface area contributed by atoms with E-state index in [1.54, 1.807) is 0 Å². The molecule has 0 aliphatic rings. The lowest BCUT2D eigenvalue weighted by Crippen LogP contribution is -2.13. The van der Waals surface area contributed by atoms with E-state index in [-0.39, 0.29) is 5.91 Å². The van der Waals surface area contributed by atoms with Crippen molar-refractivity contribution >= 4 is 44.9 Å². The predicted molar refractivity (Wildman–Crippen MR) is 109 cm³/mol.